The smallest absolute Gasteiger partial charge is 0.243 e. The number of nitrogens with zero attached hydrogens (tertiary/aromatic N) is 1. The summed E-state index contributed by atoms with van der Waals surface area (Å²) in [4.78, 5) is 26.1. The summed E-state index contributed by atoms with van der Waals surface area (Å²) in [6.45, 7) is 2.48. The molecule has 1 saturated heterocycles. The molecule has 1 aromatic carbocycles. The Balaban J connectivity index is 2.05. The molecule has 96 valence electrons. The molecule has 1 aromatic rings. The maximum atomic E-state index is 12.0. The monoisotopic (exact) mass is 264 g/mol. The zero-order valence-electron chi connectivity index (χ0n) is 10.3. The van der Waals surface area contributed by atoms with Crippen molar-refractivity contribution < 1.29 is 9.59 Å². The third-order valence-electron chi connectivity index (χ3n) is 2.81. The number of carbonyl (C=O) groups excluding carboxylic acids is 2. The van der Waals surface area contributed by atoms with Crippen LogP contribution in [-0.4, -0.2) is 28.5 Å². The lowest BCUT2D eigenvalue weighted by Gasteiger charge is -2.13. The van der Waals surface area contributed by atoms with E-state index in [2.05, 4.69) is 0 Å². The Labute approximate surface area is 111 Å². The molecule has 2 rings (SSSR count). The summed E-state index contributed by atoms with van der Waals surface area (Å²) < 4.78 is 0. The molecule has 0 spiro atoms. The Morgan fingerprint density at radius 3 is 2.61 bits per heavy atom. The zero-order chi connectivity index (χ0) is 13.1. The number of thioether (sulfide) groups is 1. The van der Waals surface area contributed by atoms with Crippen LogP contribution in [0.25, 0.3) is 0 Å². The minimum atomic E-state index is -0.285. The first kappa shape index (κ1) is 13.0. The first-order valence-corrected chi connectivity index (χ1v) is 6.86. The van der Waals surface area contributed by atoms with Gasteiger partial charge >= 0.3 is 0 Å². The van der Waals surface area contributed by atoms with E-state index >= 15 is 0 Å². The second kappa shape index (κ2) is 5.44. The maximum absolute atomic E-state index is 12.0. The van der Waals surface area contributed by atoms with Crippen molar-refractivity contribution in [1.29, 1.82) is 0 Å². The van der Waals surface area contributed by atoms with E-state index in [4.69, 9.17) is 5.73 Å². The zero-order valence-corrected chi connectivity index (χ0v) is 11.1. The summed E-state index contributed by atoms with van der Waals surface area (Å²) in [5.41, 5.74) is 6.30. The fourth-order valence-electron chi connectivity index (χ4n) is 1.91. The molecule has 0 aliphatic carbocycles. The summed E-state index contributed by atoms with van der Waals surface area (Å²) >= 11 is 1.43. The Hall–Kier alpha value is -1.49. The largest absolute Gasteiger partial charge is 0.399 e. The van der Waals surface area contributed by atoms with Gasteiger partial charge in [-0.2, -0.15) is 0 Å². The predicted molar refractivity (Wildman–Crippen MR) is 72.1 cm³/mol. The molecule has 1 aliphatic heterocycles. The minimum Gasteiger partial charge on any atom is -0.399 e. The van der Waals surface area contributed by atoms with E-state index < -0.39 is 0 Å². The standard InChI is InChI=1S/C13H16N2O2S/c1-2-7-15-12(16)8-11(13(15)17)18-10-5-3-9(14)4-6-10/h3-6,11H,2,7-8,14H2,1H3. The number of imide groups is 1. The molecule has 18 heavy (non-hydrogen) atoms. The van der Waals surface area contributed by atoms with E-state index in [1.54, 1.807) is 12.1 Å². The molecule has 1 aliphatic rings. The summed E-state index contributed by atoms with van der Waals surface area (Å²) in [6, 6.07) is 7.35. The van der Waals surface area contributed by atoms with Crippen LogP contribution < -0.4 is 5.73 Å². The Bertz CT molecular complexity index is 459. The van der Waals surface area contributed by atoms with Crippen molar-refractivity contribution in [3.05, 3.63) is 24.3 Å². The first-order valence-electron chi connectivity index (χ1n) is 5.98. The molecule has 0 radical (unpaired) electrons. The fourth-order valence-corrected chi connectivity index (χ4v) is 2.99. The fraction of sp³-hybridized carbons (Fsp3) is 0.385. The highest BCUT2D eigenvalue weighted by Gasteiger charge is 2.38. The first-order chi connectivity index (χ1) is 8.61. The number of likely N-dealkylation sites (tertiary alicyclic amines) is 1. The van der Waals surface area contributed by atoms with Crippen LogP contribution >= 0.6 is 11.8 Å². The lowest BCUT2D eigenvalue weighted by atomic mass is 10.3. The number of amides is 2. The van der Waals surface area contributed by atoms with Crippen molar-refractivity contribution >= 4 is 29.3 Å². The second-order valence-electron chi connectivity index (χ2n) is 4.26. The maximum Gasteiger partial charge on any atom is 0.243 e. The van der Waals surface area contributed by atoms with Crippen molar-refractivity contribution in [3.8, 4) is 0 Å². The van der Waals surface area contributed by atoms with Gasteiger partial charge in [0.1, 0.15) is 0 Å². The van der Waals surface area contributed by atoms with Crippen LogP contribution in [0.1, 0.15) is 19.8 Å². The molecule has 2 amide bonds. The van der Waals surface area contributed by atoms with Crippen LogP contribution in [0.5, 0.6) is 0 Å². The molecule has 4 nitrogen and oxygen atoms in total. The van der Waals surface area contributed by atoms with Gasteiger partial charge < -0.3 is 5.73 Å². The van der Waals surface area contributed by atoms with Crippen LogP contribution in [0.4, 0.5) is 5.69 Å². The Morgan fingerprint density at radius 1 is 1.33 bits per heavy atom. The van der Waals surface area contributed by atoms with Crippen molar-refractivity contribution in [3.63, 3.8) is 0 Å². The number of nitrogens with two attached hydrogens (primary N) is 1. The van der Waals surface area contributed by atoms with Gasteiger partial charge in [0.25, 0.3) is 0 Å². The SMILES string of the molecule is CCCN1C(=O)CC(Sc2ccc(N)cc2)C1=O. The number of nitrogen functional groups attached to an aromatic ring is 1. The van der Waals surface area contributed by atoms with E-state index in [1.807, 2.05) is 19.1 Å². The van der Waals surface area contributed by atoms with Crippen molar-refractivity contribution in [2.75, 3.05) is 12.3 Å². The van der Waals surface area contributed by atoms with Gasteiger partial charge in [0.2, 0.25) is 11.8 Å². The second-order valence-corrected chi connectivity index (χ2v) is 5.54. The van der Waals surface area contributed by atoms with Crippen LogP contribution in [0, 0.1) is 0 Å². The average Bonchev–Trinajstić information content (AvgIpc) is 2.60. The number of hydrogen-bond donors (Lipinski definition) is 1. The Morgan fingerprint density at radius 2 is 2.00 bits per heavy atom. The highest BCUT2D eigenvalue weighted by atomic mass is 32.2. The average molecular weight is 264 g/mol. The number of rotatable bonds is 4. The van der Waals surface area contributed by atoms with E-state index in [-0.39, 0.29) is 17.1 Å². The van der Waals surface area contributed by atoms with E-state index in [1.165, 1.54) is 16.7 Å². The van der Waals surface area contributed by atoms with E-state index in [0.29, 0.717) is 18.7 Å². The summed E-state index contributed by atoms with van der Waals surface area (Å²) in [6.07, 6.45) is 1.10. The van der Waals surface area contributed by atoms with Gasteiger partial charge in [-0.25, -0.2) is 0 Å². The lowest BCUT2D eigenvalue weighted by molar-refractivity contribution is -0.138. The topological polar surface area (TPSA) is 63.4 Å². The molecule has 5 heteroatoms. The normalized spacial score (nSPS) is 19.6. The van der Waals surface area contributed by atoms with E-state index in [0.717, 1.165) is 11.3 Å². The van der Waals surface area contributed by atoms with E-state index in [9.17, 15) is 9.59 Å². The molecule has 1 fully saturated rings. The van der Waals surface area contributed by atoms with Gasteiger partial charge in [0.15, 0.2) is 0 Å². The van der Waals surface area contributed by atoms with Gasteiger partial charge in [0, 0.05) is 23.5 Å². The van der Waals surface area contributed by atoms with Crippen LogP contribution in [0.3, 0.4) is 0 Å². The molecule has 1 unspecified atom stereocenters. The molecular weight excluding hydrogens is 248 g/mol. The quantitative estimate of drug-likeness (QED) is 0.666. The number of benzene rings is 1. The summed E-state index contributed by atoms with van der Waals surface area (Å²) in [5, 5.41) is -0.285. The number of carbonyl (C=O) groups is 2. The third-order valence-corrected chi connectivity index (χ3v) is 4.01. The molecule has 0 bridgehead atoms. The lowest BCUT2D eigenvalue weighted by Crippen LogP contribution is -2.31. The highest BCUT2D eigenvalue weighted by Crippen LogP contribution is 2.31. The molecular formula is C13H16N2O2S. The molecule has 0 saturated carbocycles. The number of anilines is 1. The Kier molecular flexibility index (Phi) is 3.91. The van der Waals surface area contributed by atoms with Crippen molar-refractivity contribution in [2.45, 2.75) is 29.9 Å². The van der Waals surface area contributed by atoms with Crippen molar-refractivity contribution in [1.82, 2.24) is 4.90 Å². The molecule has 1 heterocycles. The third kappa shape index (κ3) is 2.67. The van der Waals surface area contributed by atoms with Crippen LogP contribution in [0.15, 0.2) is 29.2 Å². The van der Waals surface area contributed by atoms with Gasteiger partial charge in [-0.05, 0) is 30.7 Å². The molecule has 0 aromatic heterocycles. The number of hydrogen-bond acceptors (Lipinski definition) is 4. The van der Waals surface area contributed by atoms with Gasteiger partial charge in [-0.3, -0.25) is 14.5 Å². The highest BCUT2D eigenvalue weighted by molar-refractivity contribution is 8.00. The van der Waals surface area contributed by atoms with Crippen LogP contribution in [-0.2, 0) is 9.59 Å². The van der Waals surface area contributed by atoms with Gasteiger partial charge in [0.05, 0.1) is 5.25 Å². The molecule has 1 atom stereocenters. The summed E-state index contributed by atoms with van der Waals surface area (Å²) in [7, 11) is 0. The predicted octanol–water partition coefficient (Wildman–Crippen LogP) is 1.90. The van der Waals surface area contributed by atoms with Crippen LogP contribution in [0.2, 0.25) is 0 Å². The minimum absolute atomic E-state index is 0.0604. The summed E-state index contributed by atoms with van der Waals surface area (Å²) in [5.74, 6) is -0.126. The van der Waals surface area contributed by atoms with Gasteiger partial charge in [-0.15, -0.1) is 11.8 Å². The van der Waals surface area contributed by atoms with Crippen molar-refractivity contribution in [2.24, 2.45) is 0 Å². The van der Waals surface area contributed by atoms with Gasteiger partial charge in [-0.1, -0.05) is 6.92 Å². The molecule has 2 N–H and O–H groups in total.